The first-order valence-electron chi connectivity index (χ1n) is 29.2. The molecule has 0 saturated heterocycles. The monoisotopic (exact) mass is 995 g/mol. The van der Waals surface area contributed by atoms with Crippen molar-refractivity contribution in [3.05, 3.63) is 134 Å². The molecule has 0 fully saturated rings. The lowest BCUT2D eigenvalue weighted by Crippen LogP contribution is -2.30. The van der Waals surface area contributed by atoms with Crippen LogP contribution in [0.2, 0.25) is 0 Å². The minimum Gasteiger partial charge on any atom is -0.462 e. The largest absolute Gasteiger partial charge is 0.462 e. The summed E-state index contributed by atoms with van der Waals surface area (Å²) in [6.07, 6.45) is 82.9. The molecule has 0 saturated carbocycles. The van der Waals surface area contributed by atoms with Gasteiger partial charge in [-0.25, -0.2) is 0 Å². The summed E-state index contributed by atoms with van der Waals surface area (Å²) < 4.78 is 16.9. The highest BCUT2D eigenvalue weighted by Crippen LogP contribution is 2.14. The van der Waals surface area contributed by atoms with Crippen LogP contribution in [0.25, 0.3) is 0 Å². The number of carbonyl (C=O) groups excluding carboxylic acids is 3. The minimum atomic E-state index is -0.804. The zero-order valence-electron chi connectivity index (χ0n) is 46.4. The first-order valence-corrected chi connectivity index (χ1v) is 29.2. The molecule has 0 aromatic carbocycles. The van der Waals surface area contributed by atoms with E-state index in [0.717, 1.165) is 167 Å². The lowest BCUT2D eigenvalue weighted by Gasteiger charge is -2.18. The van der Waals surface area contributed by atoms with Crippen molar-refractivity contribution in [3.63, 3.8) is 0 Å². The first kappa shape index (κ1) is 67.5. The third kappa shape index (κ3) is 56.5. The normalized spacial score (nSPS) is 13.1. The lowest BCUT2D eigenvalue weighted by molar-refractivity contribution is -0.167. The molecule has 0 heterocycles. The molecule has 0 amide bonds. The highest BCUT2D eigenvalue weighted by Gasteiger charge is 2.19. The molecule has 6 heteroatoms. The van der Waals surface area contributed by atoms with Crippen LogP contribution in [0.1, 0.15) is 245 Å². The summed E-state index contributed by atoms with van der Waals surface area (Å²) >= 11 is 0. The van der Waals surface area contributed by atoms with Gasteiger partial charge in [0.2, 0.25) is 0 Å². The molecule has 0 aliphatic carbocycles. The highest BCUT2D eigenvalue weighted by atomic mass is 16.6. The summed E-state index contributed by atoms with van der Waals surface area (Å²) in [7, 11) is 0. The predicted molar refractivity (Wildman–Crippen MR) is 311 cm³/mol. The maximum atomic E-state index is 12.9. The van der Waals surface area contributed by atoms with Crippen LogP contribution in [-0.2, 0) is 28.6 Å². The maximum Gasteiger partial charge on any atom is 0.306 e. The molecule has 0 N–H and O–H groups in total. The molecule has 0 aromatic rings. The Labute approximate surface area is 443 Å². The smallest absolute Gasteiger partial charge is 0.306 e. The van der Waals surface area contributed by atoms with Crippen molar-refractivity contribution in [1.29, 1.82) is 0 Å². The molecule has 6 nitrogen and oxygen atoms in total. The molecule has 0 bridgehead atoms. The van der Waals surface area contributed by atoms with Gasteiger partial charge in [-0.05, 0) is 128 Å². The number of hydrogen-bond acceptors (Lipinski definition) is 6. The molecule has 406 valence electrons. The number of unbranched alkanes of at least 4 members (excludes halogenated alkanes) is 18. The van der Waals surface area contributed by atoms with Crippen LogP contribution in [0.4, 0.5) is 0 Å². The third-order valence-electron chi connectivity index (χ3n) is 11.9. The number of allylic oxidation sites excluding steroid dienone is 22. The molecular formula is C66H106O6. The fourth-order valence-corrected chi connectivity index (χ4v) is 7.61. The maximum absolute atomic E-state index is 12.9. The Bertz CT molecular complexity index is 1560. The van der Waals surface area contributed by atoms with E-state index < -0.39 is 6.10 Å². The van der Waals surface area contributed by atoms with Crippen molar-refractivity contribution in [2.24, 2.45) is 0 Å². The van der Waals surface area contributed by atoms with E-state index in [-0.39, 0.29) is 31.1 Å². The van der Waals surface area contributed by atoms with Gasteiger partial charge in [0.05, 0.1) is 0 Å². The Balaban J connectivity index is 4.49. The zero-order valence-corrected chi connectivity index (χ0v) is 46.4. The molecule has 0 aromatic heterocycles. The Morgan fingerprint density at radius 3 is 0.778 bits per heavy atom. The van der Waals surface area contributed by atoms with Crippen LogP contribution in [0.15, 0.2) is 134 Å². The fourth-order valence-electron chi connectivity index (χ4n) is 7.61. The van der Waals surface area contributed by atoms with Crippen LogP contribution >= 0.6 is 0 Å². The standard InChI is InChI=1S/C66H106O6/c1-4-7-10-13-16-19-22-25-28-31-33-35-38-41-44-47-50-53-56-59-65(68)71-62-63(61-70-64(67)58-55-52-49-46-43-40-37-30-27-24-21-18-15-12-9-6-3)72-66(69)60-57-54-51-48-45-42-39-36-34-32-29-26-23-20-17-14-11-8-5-2/h7-12,16-21,25-30,33-36,63H,4-6,13-15,22-24,31-32,37-62H2,1-3H3/b10-7-,11-8-,12-9-,19-16-,20-17-,21-18-,28-25-,29-26-,30-27-,35-33-,36-34-. The van der Waals surface area contributed by atoms with E-state index in [0.29, 0.717) is 19.3 Å². The molecule has 0 rings (SSSR count). The Morgan fingerprint density at radius 1 is 0.278 bits per heavy atom. The van der Waals surface area contributed by atoms with Crippen molar-refractivity contribution < 1.29 is 28.6 Å². The van der Waals surface area contributed by atoms with Gasteiger partial charge in [-0.3, -0.25) is 14.4 Å². The number of carbonyl (C=O) groups is 3. The summed E-state index contributed by atoms with van der Waals surface area (Å²) in [4.78, 5) is 38.2. The summed E-state index contributed by atoms with van der Waals surface area (Å²) in [6, 6.07) is 0. The van der Waals surface area contributed by atoms with Gasteiger partial charge >= 0.3 is 17.9 Å². The number of rotatable bonds is 51. The Kier molecular flexibility index (Phi) is 55.5. The van der Waals surface area contributed by atoms with Gasteiger partial charge in [0, 0.05) is 19.3 Å². The molecule has 1 unspecified atom stereocenters. The second-order valence-electron chi connectivity index (χ2n) is 18.8. The van der Waals surface area contributed by atoms with E-state index in [1.807, 2.05) is 0 Å². The summed E-state index contributed by atoms with van der Waals surface area (Å²) in [5.74, 6) is -0.942. The molecule has 0 radical (unpaired) electrons. The van der Waals surface area contributed by atoms with Crippen molar-refractivity contribution in [1.82, 2.24) is 0 Å². The summed E-state index contributed by atoms with van der Waals surface area (Å²) in [6.45, 7) is 6.27. The van der Waals surface area contributed by atoms with Gasteiger partial charge in [-0.1, -0.05) is 231 Å². The van der Waals surface area contributed by atoms with Crippen LogP contribution < -0.4 is 0 Å². The van der Waals surface area contributed by atoms with Gasteiger partial charge in [0.15, 0.2) is 6.10 Å². The van der Waals surface area contributed by atoms with E-state index in [1.165, 1.54) is 38.5 Å². The van der Waals surface area contributed by atoms with Gasteiger partial charge < -0.3 is 14.2 Å². The lowest BCUT2D eigenvalue weighted by atomic mass is 10.1. The van der Waals surface area contributed by atoms with Gasteiger partial charge in [0.1, 0.15) is 13.2 Å². The summed E-state index contributed by atoms with van der Waals surface area (Å²) in [5, 5.41) is 0. The molecule has 1 atom stereocenters. The Hall–Kier alpha value is -4.45. The van der Waals surface area contributed by atoms with Crippen molar-refractivity contribution >= 4 is 17.9 Å². The van der Waals surface area contributed by atoms with Crippen molar-refractivity contribution in [3.8, 4) is 0 Å². The molecular weight excluding hydrogens is 889 g/mol. The molecule has 0 aliphatic rings. The number of esters is 3. The first-order chi connectivity index (χ1) is 35.5. The molecule has 0 spiro atoms. The van der Waals surface area contributed by atoms with Crippen LogP contribution in [0.3, 0.4) is 0 Å². The van der Waals surface area contributed by atoms with Gasteiger partial charge in [0.25, 0.3) is 0 Å². The van der Waals surface area contributed by atoms with E-state index in [1.54, 1.807) is 0 Å². The van der Waals surface area contributed by atoms with E-state index in [9.17, 15) is 14.4 Å². The predicted octanol–water partition coefficient (Wildman–Crippen LogP) is 19.8. The summed E-state index contributed by atoms with van der Waals surface area (Å²) in [5.41, 5.74) is 0. The number of ether oxygens (including phenoxy) is 3. The van der Waals surface area contributed by atoms with Gasteiger partial charge in [-0.2, -0.15) is 0 Å². The van der Waals surface area contributed by atoms with Crippen molar-refractivity contribution in [2.75, 3.05) is 13.2 Å². The quantitative estimate of drug-likeness (QED) is 0.0261. The second kappa shape index (κ2) is 59.1. The van der Waals surface area contributed by atoms with Crippen LogP contribution in [-0.4, -0.2) is 37.2 Å². The fraction of sp³-hybridized carbons (Fsp3) is 0.621. The van der Waals surface area contributed by atoms with E-state index in [2.05, 4.69) is 154 Å². The average Bonchev–Trinajstić information content (AvgIpc) is 3.38. The highest BCUT2D eigenvalue weighted by molar-refractivity contribution is 5.71. The topological polar surface area (TPSA) is 78.9 Å². The van der Waals surface area contributed by atoms with Crippen LogP contribution in [0, 0.1) is 0 Å². The third-order valence-corrected chi connectivity index (χ3v) is 11.9. The minimum absolute atomic E-state index is 0.0999. The van der Waals surface area contributed by atoms with Gasteiger partial charge in [-0.15, -0.1) is 0 Å². The average molecular weight is 996 g/mol. The van der Waals surface area contributed by atoms with E-state index in [4.69, 9.17) is 14.2 Å². The van der Waals surface area contributed by atoms with Crippen molar-refractivity contribution in [2.45, 2.75) is 252 Å². The molecule has 72 heavy (non-hydrogen) atoms. The number of hydrogen-bond donors (Lipinski definition) is 0. The Morgan fingerprint density at radius 2 is 0.500 bits per heavy atom. The molecule has 0 aliphatic heterocycles. The van der Waals surface area contributed by atoms with Crippen LogP contribution in [0.5, 0.6) is 0 Å². The second-order valence-corrected chi connectivity index (χ2v) is 18.8. The zero-order chi connectivity index (χ0) is 52.2. The SMILES string of the molecule is CC/C=C\C/C=C\C/C=C\C/C=C\CCCCCCCCC(=O)OCC(COC(=O)CCCCCCCC/C=C\C/C=C\C/C=C\CC)OC(=O)CCCCCCCC/C=C\C/C=C\C/C=C\C/C=C\CC. The van der Waals surface area contributed by atoms with E-state index >= 15 is 0 Å².